The molecule has 21 heavy (non-hydrogen) atoms. The predicted molar refractivity (Wildman–Crippen MR) is 85.3 cm³/mol. The highest BCUT2D eigenvalue weighted by Gasteiger charge is 2.25. The highest BCUT2D eigenvalue weighted by atomic mass is 79.9. The van der Waals surface area contributed by atoms with E-state index in [1.54, 1.807) is 0 Å². The van der Waals surface area contributed by atoms with Crippen molar-refractivity contribution in [2.45, 2.75) is 38.6 Å². The predicted octanol–water partition coefficient (Wildman–Crippen LogP) is 2.80. The Bertz CT molecular complexity index is 492. The van der Waals surface area contributed by atoms with E-state index in [1.165, 1.54) is 0 Å². The molecule has 0 saturated heterocycles. The van der Waals surface area contributed by atoms with Gasteiger partial charge in [0.05, 0.1) is 4.47 Å². The molecule has 0 radical (unpaired) electrons. The molecule has 5 heteroatoms. The van der Waals surface area contributed by atoms with Crippen molar-refractivity contribution in [2.24, 2.45) is 5.92 Å². The second-order valence-electron chi connectivity index (χ2n) is 5.62. The Hall–Kier alpha value is -1.07. The van der Waals surface area contributed by atoms with Crippen LogP contribution in [0.25, 0.3) is 0 Å². The average Bonchev–Trinajstić information content (AvgIpc) is 2.47. The van der Waals surface area contributed by atoms with Gasteiger partial charge in [0.25, 0.3) is 5.91 Å². The molecule has 0 bridgehead atoms. The summed E-state index contributed by atoms with van der Waals surface area (Å²) in [5, 5.41) is 12.3. The van der Waals surface area contributed by atoms with Gasteiger partial charge in [-0.05, 0) is 53.4 Å². The number of aliphatic hydroxyl groups is 1. The number of carbonyl (C=O) groups excluding carboxylic acids is 1. The highest BCUT2D eigenvalue weighted by molar-refractivity contribution is 9.10. The van der Waals surface area contributed by atoms with E-state index < -0.39 is 0 Å². The summed E-state index contributed by atoms with van der Waals surface area (Å²) in [6, 6.07) is 5.82. The molecular formula is C16H22BrNO3. The Balaban J connectivity index is 1.84. The lowest BCUT2D eigenvalue weighted by molar-refractivity contribution is -0.124. The van der Waals surface area contributed by atoms with Gasteiger partial charge in [0.2, 0.25) is 0 Å². The molecule has 0 aliphatic heterocycles. The van der Waals surface area contributed by atoms with Gasteiger partial charge in [-0.15, -0.1) is 0 Å². The van der Waals surface area contributed by atoms with Crippen molar-refractivity contribution in [1.82, 2.24) is 5.32 Å². The fraction of sp³-hybridized carbons (Fsp3) is 0.562. The first-order chi connectivity index (χ1) is 10.1. The van der Waals surface area contributed by atoms with Gasteiger partial charge < -0.3 is 15.2 Å². The molecule has 0 heterocycles. The number of carbonyl (C=O) groups is 1. The standard InChI is InChI=1S/C16H22BrNO3/c1-11-6-7-15(13(17)8-11)21-10-16(20)18-14-5-3-2-4-12(14)9-19/h6-8,12,14,19H,2-5,9-10H2,1H3,(H,18,20). The monoisotopic (exact) mass is 355 g/mol. The number of aliphatic hydroxyl groups excluding tert-OH is 1. The SMILES string of the molecule is Cc1ccc(OCC(=O)NC2CCCCC2CO)c(Br)c1. The van der Waals surface area contributed by atoms with Crippen molar-refractivity contribution in [2.75, 3.05) is 13.2 Å². The van der Waals surface area contributed by atoms with Crippen LogP contribution in [0.15, 0.2) is 22.7 Å². The molecule has 1 aromatic carbocycles. The van der Waals surface area contributed by atoms with Crippen LogP contribution in [-0.2, 0) is 4.79 Å². The number of amides is 1. The number of halogens is 1. The zero-order valence-electron chi connectivity index (χ0n) is 12.3. The van der Waals surface area contributed by atoms with Crippen molar-refractivity contribution in [3.63, 3.8) is 0 Å². The van der Waals surface area contributed by atoms with Gasteiger partial charge in [0.1, 0.15) is 5.75 Å². The Morgan fingerprint density at radius 1 is 1.43 bits per heavy atom. The summed E-state index contributed by atoms with van der Waals surface area (Å²) >= 11 is 3.43. The maximum absolute atomic E-state index is 12.0. The van der Waals surface area contributed by atoms with Gasteiger partial charge in [-0.25, -0.2) is 0 Å². The zero-order valence-corrected chi connectivity index (χ0v) is 13.9. The molecule has 2 unspecified atom stereocenters. The van der Waals surface area contributed by atoms with Crippen molar-refractivity contribution >= 4 is 21.8 Å². The second-order valence-corrected chi connectivity index (χ2v) is 6.48. The third-order valence-electron chi connectivity index (χ3n) is 3.94. The lowest BCUT2D eigenvalue weighted by atomic mass is 9.85. The minimum absolute atomic E-state index is 0.00366. The van der Waals surface area contributed by atoms with E-state index in [0.29, 0.717) is 5.75 Å². The molecule has 2 N–H and O–H groups in total. The van der Waals surface area contributed by atoms with Gasteiger partial charge in [-0.3, -0.25) is 4.79 Å². The number of hydrogen-bond donors (Lipinski definition) is 2. The van der Waals surface area contributed by atoms with E-state index >= 15 is 0 Å². The molecule has 0 spiro atoms. The molecule has 116 valence electrons. The molecular weight excluding hydrogens is 334 g/mol. The third-order valence-corrected chi connectivity index (χ3v) is 4.56. The van der Waals surface area contributed by atoms with Crippen molar-refractivity contribution in [1.29, 1.82) is 0 Å². The van der Waals surface area contributed by atoms with Crippen LogP contribution >= 0.6 is 15.9 Å². The topological polar surface area (TPSA) is 58.6 Å². The van der Waals surface area contributed by atoms with Crippen LogP contribution in [0.2, 0.25) is 0 Å². The quantitative estimate of drug-likeness (QED) is 0.853. The largest absolute Gasteiger partial charge is 0.483 e. The van der Waals surface area contributed by atoms with Gasteiger partial charge in [-0.1, -0.05) is 18.9 Å². The number of ether oxygens (including phenoxy) is 1. The third kappa shape index (κ3) is 4.71. The normalized spacial score (nSPS) is 21.9. The van der Waals surface area contributed by atoms with E-state index in [2.05, 4.69) is 21.2 Å². The van der Waals surface area contributed by atoms with Crippen LogP contribution in [-0.4, -0.2) is 30.3 Å². The number of aryl methyl sites for hydroxylation is 1. The Labute approximate surface area is 134 Å². The summed E-state index contributed by atoms with van der Waals surface area (Å²) in [7, 11) is 0. The fourth-order valence-corrected chi connectivity index (χ4v) is 3.34. The number of benzene rings is 1. The molecule has 1 aromatic rings. The first kappa shape index (κ1) is 16.3. The van der Waals surface area contributed by atoms with E-state index in [1.807, 2.05) is 25.1 Å². The summed E-state index contributed by atoms with van der Waals surface area (Å²) < 4.78 is 6.39. The molecule has 1 amide bonds. The first-order valence-corrected chi connectivity index (χ1v) is 8.18. The van der Waals surface area contributed by atoms with Crippen molar-refractivity contribution in [3.05, 3.63) is 28.2 Å². The highest BCUT2D eigenvalue weighted by Crippen LogP contribution is 2.26. The summed E-state index contributed by atoms with van der Waals surface area (Å²) in [5.41, 5.74) is 1.13. The Morgan fingerprint density at radius 2 is 2.19 bits per heavy atom. The first-order valence-electron chi connectivity index (χ1n) is 7.39. The zero-order chi connectivity index (χ0) is 15.2. The van der Waals surface area contributed by atoms with Gasteiger partial charge in [0.15, 0.2) is 6.61 Å². The van der Waals surface area contributed by atoms with Gasteiger partial charge in [-0.2, -0.15) is 0 Å². The van der Waals surface area contributed by atoms with Crippen LogP contribution < -0.4 is 10.1 Å². The van der Waals surface area contributed by atoms with E-state index in [9.17, 15) is 9.90 Å². The number of rotatable bonds is 5. The molecule has 2 atom stereocenters. The van der Waals surface area contributed by atoms with Crippen molar-refractivity contribution in [3.8, 4) is 5.75 Å². The number of nitrogens with one attached hydrogen (secondary N) is 1. The maximum atomic E-state index is 12.0. The Kier molecular flexibility index (Phi) is 6.06. The molecule has 0 aromatic heterocycles. The number of hydrogen-bond acceptors (Lipinski definition) is 3. The summed E-state index contributed by atoms with van der Waals surface area (Å²) in [6.07, 6.45) is 4.15. The second kappa shape index (κ2) is 7.80. The van der Waals surface area contributed by atoms with Gasteiger partial charge in [0, 0.05) is 18.6 Å². The molecule has 1 aliphatic carbocycles. The lowest BCUT2D eigenvalue weighted by Crippen LogP contribution is -2.45. The van der Waals surface area contributed by atoms with Crippen molar-refractivity contribution < 1.29 is 14.6 Å². The fourth-order valence-electron chi connectivity index (χ4n) is 2.73. The van der Waals surface area contributed by atoms with Gasteiger partial charge >= 0.3 is 0 Å². The van der Waals surface area contributed by atoms with Crippen LogP contribution in [0, 0.1) is 12.8 Å². The molecule has 1 saturated carbocycles. The van der Waals surface area contributed by atoms with Crippen LogP contribution in [0.5, 0.6) is 5.75 Å². The molecule has 1 fully saturated rings. The summed E-state index contributed by atoms with van der Waals surface area (Å²) in [4.78, 5) is 12.0. The molecule has 2 rings (SSSR count). The van der Waals surface area contributed by atoms with Crippen LogP contribution in [0.4, 0.5) is 0 Å². The summed E-state index contributed by atoms with van der Waals surface area (Å²) in [5.74, 6) is 0.708. The molecule has 1 aliphatic rings. The smallest absolute Gasteiger partial charge is 0.258 e. The van der Waals surface area contributed by atoms with Crippen LogP contribution in [0.1, 0.15) is 31.2 Å². The van der Waals surface area contributed by atoms with E-state index in [4.69, 9.17) is 4.74 Å². The lowest BCUT2D eigenvalue weighted by Gasteiger charge is -2.30. The van der Waals surface area contributed by atoms with E-state index in [-0.39, 0.29) is 31.1 Å². The Morgan fingerprint density at radius 3 is 2.90 bits per heavy atom. The minimum atomic E-state index is -0.132. The summed E-state index contributed by atoms with van der Waals surface area (Å²) in [6.45, 7) is 2.13. The van der Waals surface area contributed by atoms with Crippen LogP contribution in [0.3, 0.4) is 0 Å². The molecule has 4 nitrogen and oxygen atoms in total. The maximum Gasteiger partial charge on any atom is 0.258 e. The minimum Gasteiger partial charge on any atom is -0.483 e. The average molecular weight is 356 g/mol. The van der Waals surface area contributed by atoms with E-state index in [0.717, 1.165) is 35.7 Å².